The second-order valence-electron chi connectivity index (χ2n) is 7.60. The molecule has 1 fully saturated rings. The van der Waals surface area contributed by atoms with Crippen LogP contribution in [0.25, 0.3) is 10.8 Å². The number of amides is 1. The summed E-state index contributed by atoms with van der Waals surface area (Å²) in [6.45, 7) is 4.69. The van der Waals surface area contributed by atoms with Crippen molar-refractivity contribution in [2.24, 2.45) is 0 Å². The van der Waals surface area contributed by atoms with Crippen LogP contribution in [0.2, 0.25) is 0 Å². The number of carbonyl (C=O) groups excluding carboxylic acids is 1. The second-order valence-corrected chi connectivity index (χ2v) is 7.60. The van der Waals surface area contributed by atoms with E-state index in [9.17, 15) is 4.79 Å². The Bertz CT molecular complexity index is 1020. The highest BCUT2D eigenvalue weighted by atomic mass is 16.5. The summed E-state index contributed by atoms with van der Waals surface area (Å²) < 4.78 is 5.75. The first-order valence-electron chi connectivity index (χ1n) is 10.0. The topological polar surface area (TPSA) is 62.4 Å². The van der Waals surface area contributed by atoms with E-state index in [0.29, 0.717) is 31.0 Å². The van der Waals surface area contributed by atoms with Gasteiger partial charge < -0.3 is 20.7 Å². The highest BCUT2D eigenvalue weighted by Gasteiger charge is 2.41. The van der Waals surface area contributed by atoms with Gasteiger partial charge in [0.15, 0.2) is 0 Å². The Kier molecular flexibility index (Phi) is 5.51. The van der Waals surface area contributed by atoms with E-state index in [1.807, 2.05) is 44.3 Å². The van der Waals surface area contributed by atoms with Gasteiger partial charge in [-0.15, -0.1) is 0 Å². The number of nitrogens with one attached hydrogen (secondary N) is 3. The van der Waals surface area contributed by atoms with Crippen molar-refractivity contribution >= 4 is 16.7 Å². The Hall–Kier alpha value is -2.89. The summed E-state index contributed by atoms with van der Waals surface area (Å²) in [5, 5.41) is 12.1. The van der Waals surface area contributed by atoms with E-state index in [1.54, 1.807) is 0 Å². The fourth-order valence-corrected chi connectivity index (χ4v) is 3.86. The molecule has 1 amide bonds. The molecule has 0 aliphatic carbocycles. The molecule has 3 aromatic rings. The molecule has 150 valence electrons. The van der Waals surface area contributed by atoms with Gasteiger partial charge in [0.05, 0.1) is 5.54 Å². The van der Waals surface area contributed by atoms with Crippen LogP contribution in [-0.2, 0) is 5.54 Å². The molecule has 1 heterocycles. The van der Waals surface area contributed by atoms with Crippen LogP contribution in [0, 0.1) is 6.92 Å². The smallest absolute Gasteiger partial charge is 0.252 e. The molecule has 0 bridgehead atoms. The Balaban J connectivity index is 1.62. The lowest BCUT2D eigenvalue weighted by Gasteiger charge is -2.44. The Morgan fingerprint density at radius 1 is 1.10 bits per heavy atom. The van der Waals surface area contributed by atoms with Crippen LogP contribution in [0.5, 0.6) is 5.75 Å². The highest BCUT2D eigenvalue weighted by Crippen LogP contribution is 2.32. The maximum absolute atomic E-state index is 13.3. The summed E-state index contributed by atoms with van der Waals surface area (Å²) in [4.78, 5) is 13.3. The average molecular weight is 389 g/mol. The van der Waals surface area contributed by atoms with Gasteiger partial charge in [-0.1, -0.05) is 48.5 Å². The van der Waals surface area contributed by atoms with Crippen LogP contribution in [0.15, 0.2) is 60.7 Å². The van der Waals surface area contributed by atoms with Crippen molar-refractivity contribution in [1.29, 1.82) is 0 Å². The fraction of sp³-hybridized carbons (Fsp3) is 0.292. The summed E-state index contributed by atoms with van der Waals surface area (Å²) >= 11 is 0. The van der Waals surface area contributed by atoms with Gasteiger partial charge >= 0.3 is 0 Å². The predicted molar refractivity (Wildman–Crippen MR) is 117 cm³/mol. The van der Waals surface area contributed by atoms with Crippen molar-refractivity contribution in [3.63, 3.8) is 0 Å². The summed E-state index contributed by atoms with van der Waals surface area (Å²) in [6, 6.07) is 20.3. The maximum atomic E-state index is 13.3. The molecule has 5 nitrogen and oxygen atoms in total. The lowest BCUT2D eigenvalue weighted by atomic mass is 9.81. The van der Waals surface area contributed by atoms with Crippen LogP contribution in [0.3, 0.4) is 0 Å². The number of ether oxygens (including phenoxy) is 1. The highest BCUT2D eigenvalue weighted by molar-refractivity contribution is 5.97. The molecule has 1 saturated heterocycles. The van der Waals surface area contributed by atoms with Crippen LogP contribution >= 0.6 is 0 Å². The molecule has 5 heteroatoms. The minimum Gasteiger partial charge on any atom is -0.492 e. The monoisotopic (exact) mass is 389 g/mol. The number of likely N-dealkylation sites (N-methyl/N-ethyl adjacent to an activating group) is 1. The summed E-state index contributed by atoms with van der Waals surface area (Å²) in [5.41, 5.74) is 2.33. The molecule has 0 spiro atoms. The zero-order chi connectivity index (χ0) is 20.3. The molecular formula is C24H27N3O2. The first-order valence-corrected chi connectivity index (χ1v) is 10.0. The fourth-order valence-electron chi connectivity index (χ4n) is 3.86. The number of carbonyl (C=O) groups is 1. The molecule has 3 N–H and O–H groups in total. The molecule has 3 aromatic carbocycles. The molecular weight excluding hydrogens is 362 g/mol. The zero-order valence-electron chi connectivity index (χ0n) is 16.9. The van der Waals surface area contributed by atoms with E-state index in [1.165, 1.54) is 10.8 Å². The van der Waals surface area contributed by atoms with Gasteiger partial charge in [0.2, 0.25) is 0 Å². The lowest BCUT2D eigenvalue weighted by molar-refractivity contribution is 0.0853. The van der Waals surface area contributed by atoms with Gasteiger partial charge in [-0.05, 0) is 48.0 Å². The second kappa shape index (κ2) is 8.23. The van der Waals surface area contributed by atoms with Crippen LogP contribution < -0.4 is 20.7 Å². The predicted octanol–water partition coefficient (Wildman–Crippen LogP) is 2.97. The summed E-state index contributed by atoms with van der Waals surface area (Å²) in [5.74, 6) is 0.637. The van der Waals surface area contributed by atoms with E-state index in [2.05, 4.69) is 46.3 Å². The maximum Gasteiger partial charge on any atom is 0.252 e. The van der Waals surface area contributed by atoms with Gasteiger partial charge in [0.1, 0.15) is 12.4 Å². The minimum atomic E-state index is -0.409. The van der Waals surface area contributed by atoms with E-state index in [-0.39, 0.29) is 5.91 Å². The first kappa shape index (κ1) is 19.4. The third-order valence-corrected chi connectivity index (χ3v) is 5.59. The number of benzene rings is 3. The van der Waals surface area contributed by atoms with Gasteiger partial charge in [0, 0.05) is 25.2 Å². The van der Waals surface area contributed by atoms with Crippen LogP contribution in [-0.4, -0.2) is 39.2 Å². The molecule has 0 saturated carbocycles. The van der Waals surface area contributed by atoms with Gasteiger partial charge in [-0.25, -0.2) is 0 Å². The average Bonchev–Trinajstić information content (AvgIpc) is 2.71. The van der Waals surface area contributed by atoms with Crippen molar-refractivity contribution in [3.8, 4) is 5.75 Å². The summed E-state index contributed by atoms with van der Waals surface area (Å²) in [6.07, 6.45) is 0. The normalized spacial score (nSPS) is 15.0. The molecule has 0 radical (unpaired) electrons. The molecule has 29 heavy (non-hydrogen) atoms. The first-order chi connectivity index (χ1) is 14.1. The quantitative estimate of drug-likeness (QED) is 0.544. The largest absolute Gasteiger partial charge is 0.492 e. The third-order valence-electron chi connectivity index (χ3n) is 5.59. The Labute approximate surface area is 171 Å². The number of fused-ring (bicyclic) bond motifs is 1. The molecule has 0 atom stereocenters. The molecule has 1 aliphatic rings. The van der Waals surface area contributed by atoms with Gasteiger partial charge in [0.25, 0.3) is 5.91 Å². The molecule has 0 unspecified atom stereocenters. The standard InChI is InChI=1S/C24H27N3O2/c1-17-10-11-19(29-13-12-25-2)14-21(17)23(28)27-24(15-26-16-24)22-9-5-7-18-6-3-4-8-20(18)22/h3-11,14,25-26H,12-13,15-16H2,1-2H3,(H,27,28). The third kappa shape index (κ3) is 3.84. The van der Waals surface area contributed by atoms with Gasteiger partial charge in [-0.3, -0.25) is 4.79 Å². The van der Waals surface area contributed by atoms with E-state index >= 15 is 0 Å². The van der Waals surface area contributed by atoms with Gasteiger partial charge in [-0.2, -0.15) is 0 Å². The number of hydrogen-bond donors (Lipinski definition) is 3. The Morgan fingerprint density at radius 2 is 1.90 bits per heavy atom. The van der Waals surface area contributed by atoms with E-state index in [0.717, 1.165) is 17.7 Å². The van der Waals surface area contributed by atoms with E-state index < -0.39 is 5.54 Å². The number of hydrogen-bond acceptors (Lipinski definition) is 4. The Morgan fingerprint density at radius 3 is 2.66 bits per heavy atom. The molecule has 0 aromatic heterocycles. The van der Waals surface area contributed by atoms with Crippen molar-refractivity contribution in [1.82, 2.24) is 16.0 Å². The van der Waals surface area contributed by atoms with Crippen LogP contribution in [0.1, 0.15) is 21.5 Å². The molecule has 1 aliphatic heterocycles. The molecule has 4 rings (SSSR count). The minimum absolute atomic E-state index is 0.0731. The SMILES string of the molecule is CNCCOc1ccc(C)c(C(=O)NC2(c3cccc4ccccc34)CNC2)c1. The van der Waals surface area contributed by atoms with Crippen LogP contribution in [0.4, 0.5) is 0 Å². The lowest BCUT2D eigenvalue weighted by Crippen LogP contribution is -2.66. The van der Waals surface area contributed by atoms with Crippen molar-refractivity contribution in [2.75, 3.05) is 33.3 Å². The van der Waals surface area contributed by atoms with Crippen molar-refractivity contribution < 1.29 is 9.53 Å². The van der Waals surface area contributed by atoms with Crippen molar-refractivity contribution in [2.45, 2.75) is 12.5 Å². The van der Waals surface area contributed by atoms with Crippen molar-refractivity contribution in [3.05, 3.63) is 77.4 Å². The number of aryl methyl sites for hydroxylation is 1. The summed E-state index contributed by atoms with van der Waals surface area (Å²) in [7, 11) is 1.89. The van der Waals surface area contributed by atoms with E-state index in [4.69, 9.17) is 4.74 Å². The zero-order valence-corrected chi connectivity index (χ0v) is 16.9. The number of rotatable bonds is 7.